The molecule has 0 atom stereocenters. The van der Waals surface area contributed by atoms with Crippen LogP contribution in [0.2, 0.25) is 5.02 Å². The van der Waals surface area contributed by atoms with E-state index in [0.29, 0.717) is 0 Å². The van der Waals surface area contributed by atoms with Crippen molar-refractivity contribution >= 4 is 23.4 Å². The van der Waals surface area contributed by atoms with Crippen molar-refractivity contribution in [3.8, 4) is 17.1 Å². The van der Waals surface area contributed by atoms with E-state index in [1.807, 2.05) is 0 Å². The van der Waals surface area contributed by atoms with Crippen molar-refractivity contribution in [1.82, 2.24) is 4.98 Å². The Hall–Kier alpha value is -2.34. The average Bonchev–Trinajstić information content (AvgIpc) is 2.35. The Labute approximate surface area is 112 Å². The number of nitrogens with two attached hydrogens (primary N) is 1. The zero-order chi connectivity index (χ0) is 14.0. The number of carboxylic acid groups (broad SMARTS) is 1. The molecule has 0 bridgehead atoms. The summed E-state index contributed by atoms with van der Waals surface area (Å²) in [5, 5.41) is 8.43. The van der Waals surface area contributed by atoms with Crippen molar-refractivity contribution < 1.29 is 19.0 Å². The van der Waals surface area contributed by atoms with E-state index in [0.717, 1.165) is 0 Å². The van der Waals surface area contributed by atoms with Crippen LogP contribution >= 0.6 is 11.6 Å². The number of nitrogen functional groups attached to an aromatic ring is 1. The Balaban J connectivity index is 2.57. The minimum atomic E-state index is -1.58. The number of halogens is 2. The first-order valence-electron chi connectivity index (χ1n) is 5.10. The maximum Gasteiger partial charge on any atom is 0.512 e. The van der Waals surface area contributed by atoms with E-state index in [1.165, 1.54) is 24.3 Å². The molecular weight excluding hydrogens is 275 g/mol. The molecule has 0 unspecified atom stereocenters. The van der Waals surface area contributed by atoms with Gasteiger partial charge in [0.1, 0.15) is 10.8 Å². The minimum Gasteiger partial charge on any atom is -0.449 e. The van der Waals surface area contributed by atoms with Crippen molar-refractivity contribution in [2.75, 3.05) is 5.73 Å². The molecule has 1 heterocycles. The van der Waals surface area contributed by atoms with E-state index in [9.17, 15) is 9.18 Å². The number of hydrogen-bond acceptors (Lipinski definition) is 4. The van der Waals surface area contributed by atoms with E-state index < -0.39 is 12.0 Å². The van der Waals surface area contributed by atoms with Gasteiger partial charge in [0.2, 0.25) is 5.88 Å². The number of pyridine rings is 1. The van der Waals surface area contributed by atoms with Gasteiger partial charge in [0.15, 0.2) is 0 Å². The molecule has 2 rings (SSSR count). The Morgan fingerprint density at radius 1 is 1.42 bits per heavy atom. The van der Waals surface area contributed by atoms with Crippen LogP contribution in [0.4, 0.5) is 14.9 Å². The quantitative estimate of drug-likeness (QED) is 0.826. The Bertz CT molecular complexity index is 649. The number of carbonyl (C=O) groups is 1. The number of anilines is 1. The second kappa shape index (κ2) is 5.11. The molecule has 0 aliphatic heterocycles. The summed E-state index contributed by atoms with van der Waals surface area (Å²) in [5.74, 6) is -0.898. The molecule has 0 amide bonds. The molecule has 19 heavy (non-hydrogen) atoms. The van der Waals surface area contributed by atoms with Gasteiger partial charge in [-0.15, -0.1) is 0 Å². The third-order valence-electron chi connectivity index (χ3n) is 2.29. The number of hydrogen-bond donors (Lipinski definition) is 2. The van der Waals surface area contributed by atoms with Crippen LogP contribution in [0.5, 0.6) is 5.88 Å². The fourth-order valence-corrected chi connectivity index (χ4v) is 1.62. The topological polar surface area (TPSA) is 85.4 Å². The highest BCUT2D eigenvalue weighted by Crippen LogP contribution is 2.33. The van der Waals surface area contributed by atoms with Gasteiger partial charge in [0.25, 0.3) is 0 Å². The van der Waals surface area contributed by atoms with E-state index in [1.54, 1.807) is 6.07 Å². The van der Waals surface area contributed by atoms with E-state index in [4.69, 9.17) is 22.4 Å². The lowest BCUT2D eigenvalue weighted by Crippen LogP contribution is -2.07. The molecule has 5 nitrogen and oxygen atoms in total. The van der Waals surface area contributed by atoms with Crippen molar-refractivity contribution in [2.24, 2.45) is 0 Å². The Morgan fingerprint density at radius 2 is 2.11 bits per heavy atom. The van der Waals surface area contributed by atoms with Gasteiger partial charge in [0, 0.05) is 5.56 Å². The highest BCUT2D eigenvalue weighted by molar-refractivity contribution is 6.34. The summed E-state index contributed by atoms with van der Waals surface area (Å²) in [4.78, 5) is 14.4. The van der Waals surface area contributed by atoms with Crippen LogP contribution in [0.25, 0.3) is 11.3 Å². The van der Waals surface area contributed by atoms with Gasteiger partial charge < -0.3 is 15.6 Å². The molecule has 0 saturated carbocycles. The lowest BCUT2D eigenvalue weighted by atomic mass is 10.1. The van der Waals surface area contributed by atoms with Crippen LogP contribution < -0.4 is 10.5 Å². The summed E-state index contributed by atoms with van der Waals surface area (Å²) >= 11 is 5.77. The van der Waals surface area contributed by atoms with Gasteiger partial charge in [-0.25, -0.2) is 14.2 Å². The first kappa shape index (κ1) is 13.1. The second-order valence-electron chi connectivity index (χ2n) is 3.56. The molecule has 0 fully saturated rings. The van der Waals surface area contributed by atoms with Crippen LogP contribution in [-0.4, -0.2) is 16.2 Å². The summed E-state index contributed by atoms with van der Waals surface area (Å²) in [5.41, 5.74) is 5.97. The predicted molar refractivity (Wildman–Crippen MR) is 67.7 cm³/mol. The van der Waals surface area contributed by atoms with Gasteiger partial charge in [-0.1, -0.05) is 23.7 Å². The third kappa shape index (κ3) is 2.74. The Kier molecular flexibility index (Phi) is 3.52. The van der Waals surface area contributed by atoms with Crippen molar-refractivity contribution in [3.63, 3.8) is 0 Å². The van der Waals surface area contributed by atoms with Crippen LogP contribution in [0.3, 0.4) is 0 Å². The highest BCUT2D eigenvalue weighted by atomic mass is 35.5. The molecule has 3 N–H and O–H groups in total. The molecule has 0 aliphatic rings. The van der Waals surface area contributed by atoms with Gasteiger partial charge in [0.05, 0.1) is 11.4 Å². The molecule has 0 spiro atoms. The zero-order valence-corrected chi connectivity index (χ0v) is 10.2. The summed E-state index contributed by atoms with van der Waals surface area (Å²) < 4.78 is 18.0. The average molecular weight is 283 g/mol. The largest absolute Gasteiger partial charge is 0.512 e. The van der Waals surface area contributed by atoms with E-state index in [2.05, 4.69) is 9.72 Å². The number of nitrogens with zero attached hydrogens (tertiary/aromatic N) is 1. The zero-order valence-electron chi connectivity index (χ0n) is 9.43. The fourth-order valence-electron chi connectivity index (χ4n) is 1.48. The lowest BCUT2D eigenvalue weighted by molar-refractivity contribution is 0.142. The SMILES string of the molecule is Nc1cc(-c2ccccc2F)nc(OC(=O)O)c1Cl. The van der Waals surface area contributed by atoms with Crippen LogP contribution in [0.15, 0.2) is 30.3 Å². The molecule has 1 aromatic heterocycles. The Morgan fingerprint density at radius 3 is 2.74 bits per heavy atom. The number of benzene rings is 1. The van der Waals surface area contributed by atoms with Crippen molar-refractivity contribution in [1.29, 1.82) is 0 Å². The molecule has 0 saturated heterocycles. The number of aromatic nitrogens is 1. The maximum absolute atomic E-state index is 13.6. The molecule has 98 valence electrons. The minimum absolute atomic E-state index is 0.0474. The highest BCUT2D eigenvalue weighted by Gasteiger charge is 2.15. The van der Waals surface area contributed by atoms with Gasteiger partial charge >= 0.3 is 6.16 Å². The monoisotopic (exact) mass is 282 g/mol. The summed E-state index contributed by atoms with van der Waals surface area (Å²) in [7, 11) is 0. The standard InChI is InChI=1S/C12H8ClFN2O3/c13-10-8(15)5-9(16-11(10)19-12(17)18)6-3-1-2-4-7(6)14/h1-5H,(H2,15,16)(H,17,18). The van der Waals surface area contributed by atoms with Gasteiger partial charge in [-0.05, 0) is 18.2 Å². The van der Waals surface area contributed by atoms with Gasteiger partial charge in [-0.2, -0.15) is 0 Å². The third-order valence-corrected chi connectivity index (χ3v) is 2.67. The molecule has 0 radical (unpaired) electrons. The van der Waals surface area contributed by atoms with Gasteiger partial charge in [-0.3, -0.25) is 0 Å². The first-order chi connectivity index (χ1) is 8.99. The predicted octanol–water partition coefficient (Wildman–Crippen LogP) is 3.18. The molecule has 7 heteroatoms. The summed E-state index contributed by atoms with van der Waals surface area (Å²) in [6.45, 7) is 0. The van der Waals surface area contributed by atoms with E-state index >= 15 is 0 Å². The molecule has 1 aromatic carbocycles. The normalized spacial score (nSPS) is 10.2. The van der Waals surface area contributed by atoms with Crippen LogP contribution in [0, 0.1) is 5.82 Å². The second-order valence-corrected chi connectivity index (χ2v) is 3.94. The fraction of sp³-hybridized carbons (Fsp3) is 0. The van der Waals surface area contributed by atoms with Crippen molar-refractivity contribution in [3.05, 3.63) is 41.2 Å². The van der Waals surface area contributed by atoms with Crippen LogP contribution in [-0.2, 0) is 0 Å². The molecular formula is C12H8ClFN2O3. The number of ether oxygens (including phenoxy) is 1. The van der Waals surface area contributed by atoms with Crippen molar-refractivity contribution in [2.45, 2.75) is 0 Å². The summed E-state index contributed by atoms with van der Waals surface area (Å²) in [6.07, 6.45) is -1.58. The molecule has 0 aliphatic carbocycles. The maximum atomic E-state index is 13.6. The lowest BCUT2D eigenvalue weighted by Gasteiger charge is -2.08. The summed E-state index contributed by atoms with van der Waals surface area (Å²) in [6, 6.07) is 7.21. The van der Waals surface area contributed by atoms with Crippen LogP contribution in [0.1, 0.15) is 0 Å². The first-order valence-corrected chi connectivity index (χ1v) is 5.48. The molecule has 2 aromatic rings. The van der Waals surface area contributed by atoms with E-state index in [-0.39, 0.29) is 27.8 Å². The smallest absolute Gasteiger partial charge is 0.449 e. The number of rotatable bonds is 2.